The molecule has 1 saturated heterocycles. The lowest BCUT2D eigenvalue weighted by atomic mass is 10.2. The Bertz CT molecular complexity index is 911. The lowest BCUT2D eigenvalue weighted by molar-refractivity contribution is 0.0410. The highest BCUT2D eigenvalue weighted by Gasteiger charge is 2.17. The van der Waals surface area contributed by atoms with Crippen molar-refractivity contribution in [1.82, 2.24) is 14.5 Å². The van der Waals surface area contributed by atoms with E-state index in [9.17, 15) is 4.79 Å². The van der Waals surface area contributed by atoms with Crippen molar-refractivity contribution in [2.24, 2.45) is 7.05 Å². The largest absolute Gasteiger partial charge is 0.379 e. The molecular formula is C17H19N3O2S3. The summed E-state index contributed by atoms with van der Waals surface area (Å²) < 4.78 is 7.07. The van der Waals surface area contributed by atoms with Gasteiger partial charge in [0.1, 0.15) is 4.83 Å². The number of rotatable bonds is 5. The van der Waals surface area contributed by atoms with Crippen LogP contribution in [0, 0.1) is 0 Å². The van der Waals surface area contributed by atoms with Crippen LogP contribution in [-0.4, -0.2) is 53.1 Å². The first-order valence-corrected chi connectivity index (χ1v) is 10.9. The smallest absolute Gasteiger partial charge is 0.263 e. The van der Waals surface area contributed by atoms with Crippen LogP contribution in [0.25, 0.3) is 20.7 Å². The van der Waals surface area contributed by atoms with Crippen molar-refractivity contribution in [2.45, 2.75) is 5.16 Å². The minimum atomic E-state index is 0.0449. The molecule has 0 amide bonds. The molecule has 1 aliphatic heterocycles. The standard InChI is InChI=1S/C17H19N3O2S3/c1-19-16(21)14-12(13-3-2-9-23-13)11-25-15(14)18-17(19)24-10-6-20-4-7-22-8-5-20/h2-3,9,11H,4-8,10H2,1H3. The van der Waals surface area contributed by atoms with E-state index in [1.807, 2.05) is 23.9 Å². The quantitative estimate of drug-likeness (QED) is 0.492. The van der Waals surface area contributed by atoms with Gasteiger partial charge in [0.05, 0.1) is 18.6 Å². The van der Waals surface area contributed by atoms with E-state index in [-0.39, 0.29) is 5.56 Å². The second-order valence-corrected chi connectivity index (χ2v) is 8.74. The molecule has 132 valence electrons. The minimum Gasteiger partial charge on any atom is -0.379 e. The van der Waals surface area contributed by atoms with Crippen LogP contribution < -0.4 is 5.56 Å². The van der Waals surface area contributed by atoms with E-state index < -0.39 is 0 Å². The molecule has 25 heavy (non-hydrogen) atoms. The van der Waals surface area contributed by atoms with Gasteiger partial charge in [-0.3, -0.25) is 14.3 Å². The van der Waals surface area contributed by atoms with Gasteiger partial charge in [0.25, 0.3) is 5.56 Å². The molecule has 0 aromatic carbocycles. The van der Waals surface area contributed by atoms with Gasteiger partial charge < -0.3 is 4.74 Å². The van der Waals surface area contributed by atoms with Gasteiger partial charge in [0.15, 0.2) is 5.16 Å². The fourth-order valence-corrected chi connectivity index (χ4v) is 5.66. The first kappa shape index (κ1) is 17.2. The maximum Gasteiger partial charge on any atom is 0.263 e. The third-order valence-corrected chi connectivity index (χ3v) is 7.09. The van der Waals surface area contributed by atoms with E-state index >= 15 is 0 Å². The van der Waals surface area contributed by atoms with Crippen molar-refractivity contribution in [1.29, 1.82) is 0 Å². The molecule has 4 rings (SSSR count). The third-order valence-electron chi connectivity index (χ3n) is 4.30. The number of ether oxygens (including phenoxy) is 1. The summed E-state index contributed by atoms with van der Waals surface area (Å²) in [5, 5.41) is 5.62. The number of thioether (sulfide) groups is 1. The second kappa shape index (κ2) is 7.59. The van der Waals surface area contributed by atoms with Crippen molar-refractivity contribution in [2.75, 3.05) is 38.6 Å². The highest BCUT2D eigenvalue weighted by Crippen LogP contribution is 2.34. The number of hydrogen-bond donors (Lipinski definition) is 0. The van der Waals surface area contributed by atoms with E-state index in [2.05, 4.69) is 11.0 Å². The zero-order valence-electron chi connectivity index (χ0n) is 13.9. The Morgan fingerprint density at radius 1 is 1.32 bits per heavy atom. The number of fused-ring (bicyclic) bond motifs is 1. The van der Waals surface area contributed by atoms with Gasteiger partial charge in [-0.1, -0.05) is 17.8 Å². The molecule has 0 spiro atoms. The van der Waals surface area contributed by atoms with Crippen molar-refractivity contribution < 1.29 is 4.74 Å². The Labute approximate surface area is 158 Å². The van der Waals surface area contributed by atoms with Gasteiger partial charge in [0.2, 0.25) is 0 Å². The van der Waals surface area contributed by atoms with Gasteiger partial charge in [-0.05, 0) is 11.4 Å². The summed E-state index contributed by atoms with van der Waals surface area (Å²) >= 11 is 4.86. The lowest BCUT2D eigenvalue weighted by Gasteiger charge is -2.26. The molecule has 4 heterocycles. The molecule has 8 heteroatoms. The first-order chi connectivity index (χ1) is 12.2. The van der Waals surface area contributed by atoms with Crippen molar-refractivity contribution >= 4 is 44.7 Å². The van der Waals surface area contributed by atoms with Gasteiger partial charge in [-0.15, -0.1) is 22.7 Å². The first-order valence-electron chi connectivity index (χ1n) is 8.19. The van der Waals surface area contributed by atoms with Crippen LogP contribution in [-0.2, 0) is 11.8 Å². The predicted octanol–water partition coefficient (Wildman–Crippen LogP) is 3.15. The number of morpholine rings is 1. The Morgan fingerprint density at radius 3 is 2.92 bits per heavy atom. The molecule has 0 unspecified atom stereocenters. The summed E-state index contributed by atoms with van der Waals surface area (Å²) in [5.41, 5.74) is 1.05. The van der Waals surface area contributed by atoms with Crippen LogP contribution >= 0.6 is 34.4 Å². The topological polar surface area (TPSA) is 47.4 Å². The van der Waals surface area contributed by atoms with Gasteiger partial charge in [0, 0.05) is 48.3 Å². The summed E-state index contributed by atoms with van der Waals surface area (Å²) in [7, 11) is 1.82. The fourth-order valence-electron chi connectivity index (χ4n) is 2.89. The summed E-state index contributed by atoms with van der Waals surface area (Å²) in [4.78, 5) is 22.0. The van der Waals surface area contributed by atoms with Crippen LogP contribution in [0.5, 0.6) is 0 Å². The van der Waals surface area contributed by atoms with E-state index in [1.54, 1.807) is 39.0 Å². The van der Waals surface area contributed by atoms with Crippen molar-refractivity contribution in [3.8, 4) is 10.4 Å². The molecule has 0 bridgehead atoms. The Hall–Kier alpha value is -1.19. The molecule has 1 aliphatic rings. The van der Waals surface area contributed by atoms with E-state index in [0.29, 0.717) is 0 Å². The van der Waals surface area contributed by atoms with Gasteiger partial charge >= 0.3 is 0 Å². The molecule has 5 nitrogen and oxygen atoms in total. The zero-order valence-corrected chi connectivity index (χ0v) is 16.4. The summed E-state index contributed by atoms with van der Waals surface area (Å²) in [6, 6.07) is 4.06. The number of hydrogen-bond acceptors (Lipinski definition) is 7. The molecule has 0 N–H and O–H groups in total. The van der Waals surface area contributed by atoms with Crippen molar-refractivity contribution in [3.05, 3.63) is 33.2 Å². The summed E-state index contributed by atoms with van der Waals surface area (Å²) in [5.74, 6) is 0.926. The highest BCUT2D eigenvalue weighted by molar-refractivity contribution is 7.99. The van der Waals surface area contributed by atoms with Crippen LogP contribution in [0.3, 0.4) is 0 Å². The minimum absolute atomic E-state index is 0.0449. The number of aromatic nitrogens is 2. The molecule has 3 aromatic rings. The fraction of sp³-hybridized carbons (Fsp3) is 0.412. The highest BCUT2D eigenvalue weighted by atomic mass is 32.2. The monoisotopic (exact) mass is 393 g/mol. The molecule has 0 radical (unpaired) electrons. The van der Waals surface area contributed by atoms with Gasteiger partial charge in [-0.2, -0.15) is 0 Å². The zero-order chi connectivity index (χ0) is 17.2. The van der Waals surface area contributed by atoms with Crippen LogP contribution in [0.15, 0.2) is 32.8 Å². The average molecular weight is 394 g/mol. The SMILES string of the molecule is Cn1c(SCCN2CCOCC2)nc2scc(-c3cccs3)c2c1=O. The molecular weight excluding hydrogens is 374 g/mol. The molecule has 1 fully saturated rings. The van der Waals surface area contributed by atoms with Crippen molar-refractivity contribution in [3.63, 3.8) is 0 Å². The summed E-state index contributed by atoms with van der Waals surface area (Å²) in [6.45, 7) is 4.59. The van der Waals surface area contributed by atoms with Crippen LogP contribution in [0.2, 0.25) is 0 Å². The molecule has 3 aromatic heterocycles. The summed E-state index contributed by atoms with van der Waals surface area (Å²) in [6.07, 6.45) is 0. The molecule has 0 atom stereocenters. The number of thiophene rings is 2. The van der Waals surface area contributed by atoms with Gasteiger partial charge in [-0.25, -0.2) is 4.98 Å². The lowest BCUT2D eigenvalue weighted by Crippen LogP contribution is -2.37. The predicted molar refractivity (Wildman–Crippen MR) is 106 cm³/mol. The Kier molecular flexibility index (Phi) is 5.23. The third kappa shape index (κ3) is 3.54. The van der Waals surface area contributed by atoms with Crippen LogP contribution in [0.4, 0.5) is 0 Å². The van der Waals surface area contributed by atoms with E-state index in [0.717, 1.165) is 64.4 Å². The average Bonchev–Trinajstić information content (AvgIpc) is 3.29. The normalized spacial score (nSPS) is 15.9. The Balaban J connectivity index is 1.56. The van der Waals surface area contributed by atoms with E-state index in [4.69, 9.17) is 9.72 Å². The maximum absolute atomic E-state index is 12.9. The molecule has 0 saturated carbocycles. The van der Waals surface area contributed by atoms with E-state index in [1.165, 1.54) is 0 Å². The second-order valence-electron chi connectivity index (χ2n) is 5.87. The maximum atomic E-state index is 12.9. The Morgan fingerprint density at radius 2 is 2.16 bits per heavy atom. The van der Waals surface area contributed by atoms with Crippen LogP contribution in [0.1, 0.15) is 0 Å². The number of nitrogens with zero attached hydrogens (tertiary/aromatic N) is 3. The molecule has 0 aliphatic carbocycles.